The van der Waals surface area contributed by atoms with Gasteiger partial charge in [-0.15, -0.1) is 18.3 Å². The maximum Gasteiger partial charge on any atom is 0.573 e. The number of hydrogen-bond acceptors (Lipinski definition) is 7. The summed E-state index contributed by atoms with van der Waals surface area (Å²) < 4.78 is 41.8. The van der Waals surface area contributed by atoms with Crippen LogP contribution in [0.2, 0.25) is 0 Å². The number of aliphatic hydroxyl groups excluding tert-OH is 1. The van der Waals surface area contributed by atoms with Gasteiger partial charge >= 0.3 is 12.3 Å². The van der Waals surface area contributed by atoms with Crippen LogP contribution >= 0.6 is 0 Å². The summed E-state index contributed by atoms with van der Waals surface area (Å²) in [4.78, 5) is 31.2. The Morgan fingerprint density at radius 2 is 1.67 bits per heavy atom. The third kappa shape index (κ3) is 4.90. The topological polar surface area (TPSA) is 106 Å². The predicted molar refractivity (Wildman–Crippen MR) is 123 cm³/mol. The molecule has 1 aliphatic heterocycles. The van der Waals surface area contributed by atoms with E-state index in [-0.39, 0.29) is 23.0 Å². The zero-order valence-electron chi connectivity index (χ0n) is 19.4. The molecule has 36 heavy (non-hydrogen) atoms. The summed E-state index contributed by atoms with van der Waals surface area (Å²) >= 11 is 0. The van der Waals surface area contributed by atoms with Crippen LogP contribution in [0.5, 0.6) is 5.75 Å². The molecular formula is C25H21F3N4O4. The molecule has 1 saturated heterocycles. The number of hydrogen-bond donors (Lipinski definition) is 1. The van der Waals surface area contributed by atoms with Crippen LogP contribution in [0.3, 0.4) is 0 Å². The Bertz CT molecular complexity index is 1320. The summed E-state index contributed by atoms with van der Waals surface area (Å²) in [5.74, 6) is -2.90. The highest BCUT2D eigenvalue weighted by Gasteiger charge is 2.48. The van der Waals surface area contributed by atoms with Crippen LogP contribution in [0.1, 0.15) is 48.2 Å². The number of anilines is 1. The molecule has 3 aromatic rings. The summed E-state index contributed by atoms with van der Waals surface area (Å²) in [7, 11) is 0. The van der Waals surface area contributed by atoms with E-state index in [0.717, 1.165) is 22.6 Å². The second kappa shape index (κ2) is 9.40. The zero-order valence-corrected chi connectivity index (χ0v) is 19.4. The SMILES string of the molecule is Cc1cnc(N2C(=O)C(=O)C(=C(O)c3ccc(C(C)C)cc3)C2c2ccc(OC(F)(F)F)cc2)nn1. The summed E-state index contributed by atoms with van der Waals surface area (Å²) in [6.07, 6.45) is -3.54. The molecule has 1 atom stereocenters. The molecule has 1 aliphatic rings. The van der Waals surface area contributed by atoms with Crippen molar-refractivity contribution < 1.29 is 32.6 Å². The van der Waals surface area contributed by atoms with Gasteiger partial charge in [-0.3, -0.25) is 14.5 Å². The minimum Gasteiger partial charge on any atom is -0.507 e. The molecule has 186 valence electrons. The Balaban J connectivity index is 1.85. The number of halogens is 3. The fourth-order valence-electron chi connectivity index (χ4n) is 3.82. The first kappa shape index (κ1) is 24.8. The fourth-order valence-corrected chi connectivity index (χ4v) is 3.82. The van der Waals surface area contributed by atoms with Crippen molar-refractivity contribution >= 4 is 23.4 Å². The molecule has 0 aliphatic carbocycles. The van der Waals surface area contributed by atoms with E-state index in [0.29, 0.717) is 11.3 Å². The largest absolute Gasteiger partial charge is 0.573 e. The first-order valence-electron chi connectivity index (χ1n) is 10.9. The molecule has 2 aromatic carbocycles. The number of aryl methyl sites for hydroxylation is 1. The van der Waals surface area contributed by atoms with Crippen molar-refractivity contribution in [3.63, 3.8) is 0 Å². The number of aliphatic hydroxyl groups is 1. The fraction of sp³-hybridized carbons (Fsp3) is 0.240. The second-order valence-electron chi connectivity index (χ2n) is 8.46. The van der Waals surface area contributed by atoms with Crippen molar-refractivity contribution in [2.45, 2.75) is 39.1 Å². The second-order valence-corrected chi connectivity index (χ2v) is 8.46. The number of aromatic nitrogens is 3. The maximum absolute atomic E-state index is 13.1. The van der Waals surface area contributed by atoms with Crippen molar-refractivity contribution in [1.82, 2.24) is 15.2 Å². The number of ketones is 1. The van der Waals surface area contributed by atoms with Gasteiger partial charge in [0, 0.05) is 5.56 Å². The molecule has 2 heterocycles. The Hall–Kier alpha value is -4.28. The standard InChI is InChI=1S/C25H21F3N4O4/c1-13(2)15-4-6-17(7-5-15)21(33)19-20(16-8-10-18(11-9-16)36-25(26,27)28)32(23(35)22(19)34)24-29-12-14(3)30-31-24/h4-13,20,33H,1-3H3. The molecule has 1 N–H and O–H groups in total. The first-order chi connectivity index (χ1) is 17.0. The first-order valence-corrected chi connectivity index (χ1v) is 10.9. The number of ether oxygens (including phenoxy) is 1. The summed E-state index contributed by atoms with van der Waals surface area (Å²) in [5.41, 5.74) is 1.73. The van der Waals surface area contributed by atoms with Crippen LogP contribution in [-0.4, -0.2) is 38.3 Å². The number of amides is 1. The number of carbonyl (C=O) groups excluding carboxylic acids is 2. The minimum absolute atomic E-state index is 0.197. The molecule has 0 bridgehead atoms. The van der Waals surface area contributed by atoms with E-state index in [2.05, 4.69) is 19.9 Å². The average Bonchev–Trinajstić information content (AvgIpc) is 3.09. The van der Waals surface area contributed by atoms with Crippen molar-refractivity contribution in [3.05, 3.63) is 82.7 Å². The zero-order chi connectivity index (χ0) is 26.2. The minimum atomic E-state index is -4.89. The maximum atomic E-state index is 13.1. The average molecular weight is 498 g/mol. The Morgan fingerprint density at radius 1 is 1.03 bits per heavy atom. The van der Waals surface area contributed by atoms with Crippen molar-refractivity contribution in [2.75, 3.05) is 4.90 Å². The Labute approximate surface area is 204 Å². The van der Waals surface area contributed by atoms with E-state index < -0.39 is 35.6 Å². The predicted octanol–water partition coefficient (Wildman–Crippen LogP) is 4.83. The van der Waals surface area contributed by atoms with Gasteiger partial charge in [0.05, 0.1) is 23.5 Å². The van der Waals surface area contributed by atoms with Gasteiger partial charge in [-0.1, -0.05) is 50.2 Å². The van der Waals surface area contributed by atoms with Crippen LogP contribution in [0.25, 0.3) is 5.76 Å². The molecule has 1 amide bonds. The number of carbonyl (C=O) groups is 2. The molecule has 0 saturated carbocycles. The van der Waals surface area contributed by atoms with E-state index in [1.54, 1.807) is 31.2 Å². The van der Waals surface area contributed by atoms with Gasteiger partial charge in [0.25, 0.3) is 11.7 Å². The third-order valence-electron chi connectivity index (χ3n) is 5.60. The number of Topliss-reactive ketones (excluding diaryl/α,β-unsaturated/α-hetero) is 1. The van der Waals surface area contributed by atoms with Crippen LogP contribution in [0.4, 0.5) is 19.1 Å². The highest BCUT2D eigenvalue weighted by atomic mass is 19.4. The number of benzene rings is 2. The monoisotopic (exact) mass is 498 g/mol. The van der Waals surface area contributed by atoms with E-state index in [4.69, 9.17) is 0 Å². The van der Waals surface area contributed by atoms with Gasteiger partial charge in [0.15, 0.2) is 0 Å². The van der Waals surface area contributed by atoms with Crippen LogP contribution in [0.15, 0.2) is 60.3 Å². The number of alkyl halides is 3. The molecule has 0 spiro atoms. The normalized spacial score (nSPS) is 17.6. The molecule has 1 aromatic heterocycles. The van der Waals surface area contributed by atoms with Gasteiger partial charge < -0.3 is 9.84 Å². The van der Waals surface area contributed by atoms with Crippen LogP contribution in [-0.2, 0) is 9.59 Å². The van der Waals surface area contributed by atoms with Gasteiger partial charge in [0.1, 0.15) is 11.5 Å². The highest BCUT2D eigenvalue weighted by Crippen LogP contribution is 2.41. The van der Waals surface area contributed by atoms with E-state index in [1.807, 2.05) is 13.8 Å². The lowest BCUT2D eigenvalue weighted by Gasteiger charge is -2.23. The van der Waals surface area contributed by atoms with Crippen LogP contribution in [0, 0.1) is 6.92 Å². The molecule has 4 rings (SSSR count). The van der Waals surface area contributed by atoms with Gasteiger partial charge in [-0.05, 0) is 36.1 Å². The highest BCUT2D eigenvalue weighted by molar-refractivity contribution is 6.51. The van der Waals surface area contributed by atoms with Gasteiger partial charge in [-0.25, -0.2) is 4.98 Å². The lowest BCUT2D eigenvalue weighted by atomic mass is 9.94. The van der Waals surface area contributed by atoms with Crippen molar-refractivity contribution in [1.29, 1.82) is 0 Å². The molecule has 8 nitrogen and oxygen atoms in total. The van der Waals surface area contributed by atoms with Gasteiger partial charge in [-0.2, -0.15) is 5.10 Å². The summed E-state index contributed by atoms with van der Waals surface area (Å²) in [6, 6.07) is 10.2. The summed E-state index contributed by atoms with van der Waals surface area (Å²) in [5, 5.41) is 18.9. The number of nitrogens with zero attached hydrogens (tertiary/aromatic N) is 4. The van der Waals surface area contributed by atoms with E-state index in [9.17, 15) is 27.9 Å². The lowest BCUT2D eigenvalue weighted by Crippen LogP contribution is -2.31. The van der Waals surface area contributed by atoms with Crippen molar-refractivity contribution in [3.8, 4) is 5.75 Å². The molecule has 1 fully saturated rings. The lowest BCUT2D eigenvalue weighted by molar-refractivity contribution is -0.274. The smallest absolute Gasteiger partial charge is 0.507 e. The molecule has 0 radical (unpaired) electrons. The van der Waals surface area contributed by atoms with Crippen molar-refractivity contribution in [2.24, 2.45) is 0 Å². The number of rotatable bonds is 5. The van der Waals surface area contributed by atoms with E-state index in [1.165, 1.54) is 18.3 Å². The Kier molecular flexibility index (Phi) is 6.49. The molecular weight excluding hydrogens is 477 g/mol. The molecule has 11 heteroatoms. The Morgan fingerprint density at radius 3 is 2.19 bits per heavy atom. The van der Waals surface area contributed by atoms with E-state index >= 15 is 0 Å². The summed E-state index contributed by atoms with van der Waals surface area (Å²) in [6.45, 7) is 5.64. The molecule has 1 unspecified atom stereocenters. The van der Waals surface area contributed by atoms with Gasteiger partial charge in [0.2, 0.25) is 0 Å². The quantitative estimate of drug-likeness (QED) is 0.305. The third-order valence-corrected chi connectivity index (χ3v) is 5.60. The van der Waals surface area contributed by atoms with Crippen LogP contribution < -0.4 is 9.64 Å².